The molecule has 3 aromatic carbocycles. The maximum absolute atomic E-state index is 13.4. The lowest BCUT2D eigenvalue weighted by molar-refractivity contribution is 0.598. The van der Waals surface area contributed by atoms with Crippen LogP contribution in [0.25, 0.3) is 21.7 Å². The lowest BCUT2D eigenvalue weighted by atomic mass is 10.1. The van der Waals surface area contributed by atoms with Gasteiger partial charge < -0.3 is 0 Å². The molecule has 1 heterocycles. The summed E-state index contributed by atoms with van der Waals surface area (Å²) in [7, 11) is -3.78. The van der Waals surface area contributed by atoms with Crippen LogP contribution >= 0.6 is 34.7 Å². The lowest BCUT2D eigenvalue weighted by Gasteiger charge is -2.04. The summed E-state index contributed by atoms with van der Waals surface area (Å²) in [5.41, 5.74) is 3.36. The molecule has 0 aliphatic rings. The van der Waals surface area contributed by atoms with Gasteiger partial charge in [0.1, 0.15) is 5.82 Å². The number of aromatic nitrogens is 1. The highest BCUT2D eigenvalue weighted by atomic mass is 35.5. The fourth-order valence-corrected chi connectivity index (χ4v) is 5.77. The number of thioether (sulfide) groups is 1. The first-order chi connectivity index (χ1) is 14.8. The van der Waals surface area contributed by atoms with Crippen LogP contribution in [-0.2, 0) is 15.8 Å². The predicted octanol–water partition coefficient (Wildman–Crippen LogP) is 6.21. The Bertz CT molecular complexity index is 1320. The van der Waals surface area contributed by atoms with Gasteiger partial charge in [-0.2, -0.15) is 0 Å². The number of sulfonamides is 1. The maximum Gasteiger partial charge on any atom is 0.238 e. The van der Waals surface area contributed by atoms with E-state index in [2.05, 4.69) is 0 Å². The SMILES string of the molecule is NS(=O)(=O)c1ccc(-c2nc(SCc3cccc(Cl)c3)sc2-c2ccc(F)cc2)cc1. The molecule has 4 aromatic rings. The second-order valence-corrected chi connectivity index (χ2v) is 10.9. The Hall–Kier alpha value is -2.23. The van der Waals surface area contributed by atoms with Crippen LogP contribution in [0.15, 0.2) is 82.0 Å². The Morgan fingerprint density at radius 3 is 2.32 bits per heavy atom. The van der Waals surface area contributed by atoms with Crippen LogP contribution in [0.2, 0.25) is 5.02 Å². The minimum atomic E-state index is -3.78. The van der Waals surface area contributed by atoms with Crippen molar-refractivity contribution in [2.45, 2.75) is 15.0 Å². The highest BCUT2D eigenvalue weighted by Crippen LogP contribution is 2.41. The number of thiazole rings is 1. The normalized spacial score (nSPS) is 11.6. The standard InChI is InChI=1S/C22H16ClFN2O2S3/c23-17-3-1-2-14(12-17)13-29-22-26-20(15-6-10-19(11-7-15)31(25,27)28)21(30-22)16-4-8-18(24)9-5-16/h1-12H,13H2,(H2,25,27,28). The number of nitrogens with two attached hydrogens (primary N) is 1. The molecule has 2 N–H and O–H groups in total. The summed E-state index contributed by atoms with van der Waals surface area (Å²) in [6.45, 7) is 0. The molecule has 0 atom stereocenters. The minimum absolute atomic E-state index is 0.0327. The van der Waals surface area contributed by atoms with Crippen LogP contribution < -0.4 is 5.14 Å². The van der Waals surface area contributed by atoms with E-state index < -0.39 is 10.0 Å². The van der Waals surface area contributed by atoms with Crippen molar-refractivity contribution in [2.75, 3.05) is 0 Å². The van der Waals surface area contributed by atoms with Gasteiger partial charge in [-0.1, -0.05) is 59.8 Å². The average Bonchev–Trinajstić information content (AvgIpc) is 3.17. The Kier molecular flexibility index (Phi) is 6.45. The van der Waals surface area contributed by atoms with Gasteiger partial charge in [0.15, 0.2) is 4.34 Å². The monoisotopic (exact) mass is 490 g/mol. The highest BCUT2D eigenvalue weighted by molar-refractivity contribution is 8.00. The van der Waals surface area contributed by atoms with Gasteiger partial charge in [-0.05, 0) is 47.5 Å². The van der Waals surface area contributed by atoms with Crippen molar-refractivity contribution >= 4 is 44.7 Å². The molecular weight excluding hydrogens is 475 g/mol. The van der Waals surface area contributed by atoms with Crippen LogP contribution in [0, 0.1) is 5.82 Å². The summed E-state index contributed by atoms with van der Waals surface area (Å²) in [4.78, 5) is 5.69. The number of hydrogen-bond acceptors (Lipinski definition) is 5. The van der Waals surface area contributed by atoms with Crippen LogP contribution in [-0.4, -0.2) is 13.4 Å². The van der Waals surface area contributed by atoms with Gasteiger partial charge >= 0.3 is 0 Å². The predicted molar refractivity (Wildman–Crippen MR) is 125 cm³/mol. The first kappa shape index (κ1) is 22.0. The van der Waals surface area contributed by atoms with E-state index in [0.717, 1.165) is 25.9 Å². The van der Waals surface area contributed by atoms with Gasteiger partial charge in [0, 0.05) is 16.3 Å². The third-order valence-electron chi connectivity index (χ3n) is 4.42. The average molecular weight is 491 g/mol. The van der Waals surface area contributed by atoms with E-state index in [0.29, 0.717) is 16.5 Å². The first-order valence-electron chi connectivity index (χ1n) is 9.07. The zero-order chi connectivity index (χ0) is 22.0. The molecule has 0 amide bonds. The molecule has 0 aliphatic heterocycles. The highest BCUT2D eigenvalue weighted by Gasteiger charge is 2.17. The van der Waals surface area contributed by atoms with E-state index in [-0.39, 0.29) is 10.7 Å². The van der Waals surface area contributed by atoms with Gasteiger partial charge in [-0.15, -0.1) is 11.3 Å². The van der Waals surface area contributed by atoms with E-state index in [4.69, 9.17) is 21.7 Å². The van der Waals surface area contributed by atoms with Crippen molar-refractivity contribution in [2.24, 2.45) is 5.14 Å². The van der Waals surface area contributed by atoms with Crippen molar-refractivity contribution in [3.63, 3.8) is 0 Å². The second-order valence-electron chi connectivity index (χ2n) is 6.65. The molecular formula is C22H16ClFN2O2S3. The van der Waals surface area contributed by atoms with Gasteiger partial charge in [0.25, 0.3) is 0 Å². The molecule has 4 rings (SSSR count). The molecule has 0 unspecified atom stereocenters. The number of halogens is 2. The smallest absolute Gasteiger partial charge is 0.229 e. The summed E-state index contributed by atoms with van der Waals surface area (Å²) in [5, 5.41) is 5.88. The summed E-state index contributed by atoms with van der Waals surface area (Å²) < 4.78 is 37.4. The Morgan fingerprint density at radius 2 is 1.68 bits per heavy atom. The zero-order valence-corrected chi connectivity index (χ0v) is 19.2. The molecule has 9 heteroatoms. The van der Waals surface area contributed by atoms with Crippen LogP contribution in [0.1, 0.15) is 5.56 Å². The zero-order valence-electron chi connectivity index (χ0n) is 16.0. The van der Waals surface area contributed by atoms with E-state index >= 15 is 0 Å². The fourth-order valence-electron chi connectivity index (χ4n) is 2.93. The molecule has 0 saturated heterocycles. The van der Waals surface area contributed by atoms with Crippen molar-refractivity contribution in [1.29, 1.82) is 0 Å². The summed E-state index contributed by atoms with van der Waals surface area (Å²) >= 11 is 9.14. The number of benzene rings is 3. The topological polar surface area (TPSA) is 73.1 Å². The van der Waals surface area contributed by atoms with Crippen molar-refractivity contribution in [3.05, 3.63) is 89.2 Å². The van der Waals surface area contributed by atoms with Crippen LogP contribution in [0.3, 0.4) is 0 Å². The Balaban J connectivity index is 1.71. The van der Waals surface area contributed by atoms with Gasteiger partial charge in [-0.3, -0.25) is 0 Å². The molecule has 0 bridgehead atoms. The van der Waals surface area contributed by atoms with Gasteiger partial charge in [0.05, 0.1) is 15.5 Å². The molecule has 31 heavy (non-hydrogen) atoms. The number of primary sulfonamides is 1. The largest absolute Gasteiger partial charge is 0.238 e. The Morgan fingerprint density at radius 1 is 1.00 bits per heavy atom. The molecule has 0 radical (unpaired) electrons. The fraction of sp³-hybridized carbons (Fsp3) is 0.0455. The second kappa shape index (κ2) is 9.10. The van der Waals surface area contributed by atoms with Crippen LogP contribution in [0.4, 0.5) is 4.39 Å². The maximum atomic E-state index is 13.4. The van der Waals surface area contributed by atoms with Crippen LogP contribution in [0.5, 0.6) is 0 Å². The molecule has 0 aliphatic carbocycles. The van der Waals surface area contributed by atoms with E-state index in [1.165, 1.54) is 35.6 Å². The summed E-state index contributed by atoms with van der Waals surface area (Å²) in [6, 6.07) is 20.1. The molecule has 1 aromatic heterocycles. The van der Waals surface area contributed by atoms with Crippen molar-refractivity contribution in [3.8, 4) is 21.7 Å². The summed E-state index contributed by atoms with van der Waals surface area (Å²) in [6.07, 6.45) is 0. The molecule has 0 saturated carbocycles. The third-order valence-corrected chi connectivity index (χ3v) is 7.90. The molecule has 158 valence electrons. The molecule has 4 nitrogen and oxygen atoms in total. The number of nitrogens with zero attached hydrogens (tertiary/aromatic N) is 1. The Labute approximate surface area is 193 Å². The molecule has 0 fully saturated rings. The van der Waals surface area contributed by atoms with E-state index in [1.54, 1.807) is 36.0 Å². The number of rotatable bonds is 6. The quantitative estimate of drug-likeness (QED) is 0.326. The van der Waals surface area contributed by atoms with E-state index in [1.807, 2.05) is 24.3 Å². The first-order valence-corrected chi connectivity index (χ1v) is 12.8. The summed E-state index contributed by atoms with van der Waals surface area (Å²) in [5.74, 6) is 0.378. The minimum Gasteiger partial charge on any atom is -0.229 e. The van der Waals surface area contributed by atoms with Crippen molar-refractivity contribution < 1.29 is 12.8 Å². The van der Waals surface area contributed by atoms with Gasteiger partial charge in [0.2, 0.25) is 10.0 Å². The number of hydrogen-bond donors (Lipinski definition) is 1. The van der Waals surface area contributed by atoms with E-state index in [9.17, 15) is 12.8 Å². The lowest BCUT2D eigenvalue weighted by Crippen LogP contribution is -2.11. The molecule has 0 spiro atoms. The third kappa shape index (κ3) is 5.34. The van der Waals surface area contributed by atoms with Crippen molar-refractivity contribution in [1.82, 2.24) is 4.98 Å². The van der Waals surface area contributed by atoms with Gasteiger partial charge in [-0.25, -0.2) is 22.9 Å².